The van der Waals surface area contributed by atoms with E-state index in [1.807, 2.05) is 37.3 Å². The van der Waals surface area contributed by atoms with Crippen molar-refractivity contribution in [1.82, 2.24) is 0 Å². The van der Waals surface area contributed by atoms with Gasteiger partial charge < -0.3 is 10.2 Å². The van der Waals surface area contributed by atoms with Crippen molar-refractivity contribution in [1.29, 1.82) is 0 Å². The maximum atomic E-state index is 12.0. The third-order valence-electron chi connectivity index (χ3n) is 3.27. The monoisotopic (exact) mass is 430 g/mol. The molecule has 0 saturated heterocycles. The van der Waals surface area contributed by atoms with Gasteiger partial charge in [-0.2, -0.15) is 0 Å². The fourth-order valence-corrected chi connectivity index (χ4v) is 2.72. The molecule has 0 aliphatic rings. The lowest BCUT2D eigenvalue weighted by molar-refractivity contribution is -0.156. The second kappa shape index (κ2) is 9.44. The van der Waals surface area contributed by atoms with Crippen LogP contribution in [0.25, 0.3) is 6.08 Å². The summed E-state index contributed by atoms with van der Waals surface area (Å²) in [6.07, 6.45) is 3.37. The molecule has 0 amide bonds. The van der Waals surface area contributed by atoms with E-state index in [9.17, 15) is 24.6 Å². The van der Waals surface area contributed by atoms with Crippen LogP contribution in [-0.4, -0.2) is 31.9 Å². The van der Waals surface area contributed by atoms with E-state index in [2.05, 4.69) is 22.6 Å². The van der Waals surface area contributed by atoms with Gasteiger partial charge in [-0.25, -0.2) is 0 Å². The van der Waals surface area contributed by atoms with Crippen molar-refractivity contribution in [2.75, 3.05) is 0 Å². The summed E-state index contributed by atoms with van der Waals surface area (Å²) in [5.74, 6) is -5.52. The van der Waals surface area contributed by atoms with E-state index in [-0.39, 0.29) is 16.1 Å². The van der Waals surface area contributed by atoms with Crippen LogP contribution in [-0.2, 0) is 14.4 Å². The van der Waals surface area contributed by atoms with Gasteiger partial charge in [-0.1, -0.05) is 72.0 Å². The van der Waals surface area contributed by atoms with Crippen molar-refractivity contribution in [3.63, 3.8) is 0 Å². The lowest BCUT2D eigenvalue weighted by Gasteiger charge is -2.17. The van der Waals surface area contributed by atoms with Gasteiger partial charge in [0, 0.05) is 22.7 Å². The van der Waals surface area contributed by atoms with Crippen LogP contribution in [0, 0.1) is 11.8 Å². The molecule has 1 aromatic carbocycles. The normalized spacial score (nSPS) is 13.9. The molecule has 0 heterocycles. The number of ketones is 1. The Kier molecular flexibility index (Phi) is 7.94. The predicted octanol–water partition coefficient (Wildman–Crippen LogP) is 3.27. The van der Waals surface area contributed by atoms with Crippen LogP contribution >= 0.6 is 22.6 Å². The first kappa shape index (κ1) is 19.3. The van der Waals surface area contributed by atoms with E-state index in [1.54, 1.807) is 6.08 Å². The van der Waals surface area contributed by atoms with Crippen LogP contribution < -0.4 is 0 Å². The van der Waals surface area contributed by atoms with Crippen LogP contribution in [0.3, 0.4) is 0 Å². The Balaban J connectivity index is 3.00. The van der Waals surface area contributed by atoms with Crippen LogP contribution in [0.2, 0.25) is 0 Å². The Hall–Kier alpha value is -1.70. The Labute approximate surface area is 148 Å². The standard InChI is InChI=1S/C17H19IO5/c1-11(18)9-14(19)10-13(15(16(20)21)17(22)23)8-7-12-5-3-2-4-6-12/h2-8,11,13,15H,9-10H2,1H3,(H,20,21)(H,22,23)/b8-7+. The first-order valence-corrected chi connectivity index (χ1v) is 8.40. The number of carboxylic acid groups (broad SMARTS) is 2. The predicted molar refractivity (Wildman–Crippen MR) is 95.5 cm³/mol. The highest BCUT2D eigenvalue weighted by atomic mass is 127. The lowest BCUT2D eigenvalue weighted by Crippen LogP contribution is -2.31. The van der Waals surface area contributed by atoms with Gasteiger partial charge in [0.2, 0.25) is 0 Å². The van der Waals surface area contributed by atoms with Crippen molar-refractivity contribution >= 4 is 46.4 Å². The van der Waals surface area contributed by atoms with Crippen LogP contribution in [0.5, 0.6) is 0 Å². The van der Waals surface area contributed by atoms with Crippen molar-refractivity contribution in [3.8, 4) is 0 Å². The number of halogens is 1. The lowest BCUT2D eigenvalue weighted by atomic mass is 9.86. The fourth-order valence-electron chi connectivity index (χ4n) is 2.23. The molecule has 1 rings (SSSR count). The topological polar surface area (TPSA) is 91.7 Å². The van der Waals surface area contributed by atoms with E-state index in [4.69, 9.17) is 0 Å². The number of alkyl halides is 1. The Morgan fingerprint density at radius 1 is 1.09 bits per heavy atom. The van der Waals surface area contributed by atoms with E-state index >= 15 is 0 Å². The zero-order chi connectivity index (χ0) is 17.4. The maximum Gasteiger partial charge on any atom is 0.318 e. The number of allylic oxidation sites excluding steroid dienone is 1. The fraction of sp³-hybridized carbons (Fsp3) is 0.353. The number of Topliss-reactive ketones (excluding diaryl/α,β-unsaturated/α-hetero) is 1. The minimum Gasteiger partial charge on any atom is -0.481 e. The molecule has 0 aliphatic heterocycles. The second-order valence-electron chi connectivity index (χ2n) is 5.32. The molecule has 2 unspecified atom stereocenters. The van der Waals surface area contributed by atoms with Gasteiger partial charge in [0.1, 0.15) is 5.78 Å². The van der Waals surface area contributed by atoms with Gasteiger partial charge in [0.15, 0.2) is 5.92 Å². The smallest absolute Gasteiger partial charge is 0.318 e. The molecule has 2 atom stereocenters. The number of rotatable bonds is 9. The number of hydrogen-bond acceptors (Lipinski definition) is 3. The average molecular weight is 430 g/mol. The summed E-state index contributed by atoms with van der Waals surface area (Å²) >= 11 is 2.11. The summed E-state index contributed by atoms with van der Waals surface area (Å²) in [7, 11) is 0. The molecule has 0 aliphatic carbocycles. The summed E-state index contributed by atoms with van der Waals surface area (Å²) < 4.78 is 0.118. The highest BCUT2D eigenvalue weighted by Crippen LogP contribution is 2.22. The minimum absolute atomic E-state index is 0.0973. The number of aliphatic carboxylic acids is 2. The van der Waals surface area contributed by atoms with Gasteiger partial charge in [-0.05, 0) is 5.56 Å². The third kappa shape index (κ3) is 6.94. The zero-order valence-electron chi connectivity index (χ0n) is 12.7. The zero-order valence-corrected chi connectivity index (χ0v) is 14.8. The summed E-state index contributed by atoms with van der Waals surface area (Å²) in [5.41, 5.74) is 0.821. The van der Waals surface area contributed by atoms with Crippen molar-refractivity contribution in [2.45, 2.75) is 23.7 Å². The first-order valence-electron chi connectivity index (χ1n) is 7.16. The molecule has 0 bridgehead atoms. The summed E-state index contributed by atoms with van der Waals surface area (Å²) in [6.45, 7) is 1.87. The molecule has 124 valence electrons. The number of hydrogen-bond donors (Lipinski definition) is 2. The number of carboxylic acids is 2. The van der Waals surface area contributed by atoms with Gasteiger partial charge in [0.25, 0.3) is 0 Å². The summed E-state index contributed by atoms with van der Waals surface area (Å²) in [6, 6.07) is 9.13. The van der Waals surface area contributed by atoms with Gasteiger partial charge >= 0.3 is 11.9 Å². The first-order chi connectivity index (χ1) is 10.8. The molecule has 0 saturated carbocycles. The quantitative estimate of drug-likeness (QED) is 0.357. The molecule has 6 heteroatoms. The maximum absolute atomic E-state index is 12.0. The molecule has 0 fully saturated rings. The van der Waals surface area contributed by atoms with Crippen LogP contribution in [0.4, 0.5) is 0 Å². The molecule has 0 spiro atoms. The molecule has 0 radical (unpaired) electrons. The SMILES string of the molecule is CC(I)CC(=O)CC(/C=C/c1ccccc1)C(C(=O)O)C(=O)O. The molecule has 23 heavy (non-hydrogen) atoms. The van der Waals surface area contributed by atoms with Gasteiger partial charge in [0.05, 0.1) is 0 Å². The van der Waals surface area contributed by atoms with Crippen LogP contribution in [0.1, 0.15) is 25.3 Å². The van der Waals surface area contributed by atoms with E-state index < -0.39 is 23.8 Å². The Morgan fingerprint density at radius 2 is 1.65 bits per heavy atom. The number of benzene rings is 1. The van der Waals surface area contributed by atoms with Crippen molar-refractivity contribution in [3.05, 3.63) is 42.0 Å². The van der Waals surface area contributed by atoms with E-state index in [0.717, 1.165) is 5.56 Å². The summed E-state index contributed by atoms with van der Waals surface area (Å²) in [5, 5.41) is 18.4. The minimum atomic E-state index is -1.64. The van der Waals surface area contributed by atoms with E-state index in [1.165, 1.54) is 6.08 Å². The van der Waals surface area contributed by atoms with Gasteiger partial charge in [-0.15, -0.1) is 0 Å². The average Bonchev–Trinajstić information content (AvgIpc) is 2.44. The molecular weight excluding hydrogens is 411 g/mol. The molecule has 5 nitrogen and oxygen atoms in total. The third-order valence-corrected chi connectivity index (χ3v) is 3.71. The highest BCUT2D eigenvalue weighted by molar-refractivity contribution is 14.1. The largest absolute Gasteiger partial charge is 0.481 e. The van der Waals surface area contributed by atoms with Crippen molar-refractivity contribution < 1.29 is 24.6 Å². The molecular formula is C17H19IO5. The number of carbonyl (C=O) groups is 3. The molecule has 2 N–H and O–H groups in total. The molecule has 0 aromatic heterocycles. The molecule has 1 aromatic rings. The Morgan fingerprint density at radius 3 is 2.13 bits per heavy atom. The van der Waals surface area contributed by atoms with Crippen molar-refractivity contribution in [2.24, 2.45) is 11.8 Å². The highest BCUT2D eigenvalue weighted by Gasteiger charge is 2.34. The van der Waals surface area contributed by atoms with Crippen LogP contribution in [0.15, 0.2) is 36.4 Å². The van der Waals surface area contributed by atoms with E-state index in [0.29, 0.717) is 6.42 Å². The Bertz CT molecular complexity index is 566. The second-order valence-corrected chi connectivity index (χ2v) is 7.44. The summed E-state index contributed by atoms with van der Waals surface area (Å²) in [4.78, 5) is 34.5. The number of carbonyl (C=O) groups excluding carboxylic acids is 1. The van der Waals surface area contributed by atoms with Gasteiger partial charge in [-0.3, -0.25) is 14.4 Å².